The van der Waals surface area contributed by atoms with E-state index in [2.05, 4.69) is 23.7 Å². The van der Waals surface area contributed by atoms with Crippen LogP contribution in [0.3, 0.4) is 0 Å². The maximum absolute atomic E-state index is 12.8. The van der Waals surface area contributed by atoms with Gasteiger partial charge in [0.2, 0.25) is 0 Å². The molecular formula is C21H25N3O2. The molecule has 0 bridgehead atoms. The minimum Gasteiger partial charge on any atom is -0.444 e. The number of carbonyl (C=O) groups excluding carboxylic acids is 1. The average molecular weight is 351 g/mol. The summed E-state index contributed by atoms with van der Waals surface area (Å²) in [6, 6.07) is 6.14. The second-order valence-electron chi connectivity index (χ2n) is 8.71. The van der Waals surface area contributed by atoms with Crippen molar-refractivity contribution in [1.82, 2.24) is 14.9 Å². The van der Waals surface area contributed by atoms with Crippen molar-refractivity contribution < 1.29 is 9.53 Å². The molecule has 136 valence electrons. The van der Waals surface area contributed by atoms with Crippen LogP contribution in [0, 0.1) is 17.3 Å². The molecule has 1 aromatic heterocycles. The molecule has 2 fully saturated rings. The fourth-order valence-electron chi connectivity index (χ4n) is 4.00. The van der Waals surface area contributed by atoms with Crippen molar-refractivity contribution in [2.45, 2.75) is 65.1 Å². The number of amides is 1. The first-order chi connectivity index (χ1) is 12.2. The minimum absolute atomic E-state index is 0.0679. The SMILES string of the molecule is CC#Cc1ccc2nc(C3CC4(C)CC4N3C(=O)OC(C)(C)C)[nH]c2c1. The lowest BCUT2D eigenvalue weighted by molar-refractivity contribution is 0.0175. The average Bonchev–Trinajstić information content (AvgIpc) is 2.91. The molecule has 26 heavy (non-hydrogen) atoms. The summed E-state index contributed by atoms with van der Waals surface area (Å²) in [5.41, 5.74) is 2.49. The molecule has 1 N–H and O–H groups in total. The van der Waals surface area contributed by atoms with E-state index in [9.17, 15) is 4.79 Å². The van der Waals surface area contributed by atoms with E-state index in [1.807, 2.05) is 50.8 Å². The third-order valence-electron chi connectivity index (χ3n) is 5.32. The number of piperidine rings is 1. The van der Waals surface area contributed by atoms with E-state index in [-0.39, 0.29) is 23.6 Å². The Morgan fingerprint density at radius 1 is 1.38 bits per heavy atom. The van der Waals surface area contributed by atoms with Crippen molar-refractivity contribution in [2.24, 2.45) is 5.41 Å². The molecule has 0 radical (unpaired) electrons. The zero-order valence-corrected chi connectivity index (χ0v) is 16.0. The first-order valence-corrected chi connectivity index (χ1v) is 9.14. The predicted molar refractivity (Wildman–Crippen MR) is 101 cm³/mol. The van der Waals surface area contributed by atoms with Crippen molar-refractivity contribution in [3.05, 3.63) is 29.6 Å². The molecule has 2 aliphatic rings. The van der Waals surface area contributed by atoms with Crippen molar-refractivity contribution in [2.75, 3.05) is 0 Å². The highest BCUT2D eigenvalue weighted by atomic mass is 16.6. The van der Waals surface area contributed by atoms with Gasteiger partial charge >= 0.3 is 6.09 Å². The molecule has 1 aromatic carbocycles. The first kappa shape index (κ1) is 17.0. The number of H-pyrrole nitrogens is 1. The number of aromatic amines is 1. The van der Waals surface area contributed by atoms with Gasteiger partial charge in [-0.1, -0.05) is 12.8 Å². The summed E-state index contributed by atoms with van der Waals surface area (Å²) < 4.78 is 5.67. The lowest BCUT2D eigenvalue weighted by atomic mass is 10.0. The Morgan fingerprint density at radius 2 is 2.15 bits per heavy atom. The molecule has 1 saturated heterocycles. The number of nitrogens with one attached hydrogen (secondary N) is 1. The van der Waals surface area contributed by atoms with Gasteiger partial charge in [0, 0.05) is 11.6 Å². The van der Waals surface area contributed by atoms with E-state index in [0.717, 1.165) is 35.3 Å². The van der Waals surface area contributed by atoms with Crippen LogP contribution in [0.4, 0.5) is 4.79 Å². The maximum atomic E-state index is 12.8. The molecule has 1 aliphatic heterocycles. The minimum atomic E-state index is -0.503. The van der Waals surface area contributed by atoms with Crippen LogP contribution >= 0.6 is 0 Å². The topological polar surface area (TPSA) is 58.2 Å². The summed E-state index contributed by atoms with van der Waals surface area (Å²) in [6.45, 7) is 9.78. The molecule has 3 unspecified atom stereocenters. The highest BCUT2D eigenvalue weighted by Crippen LogP contribution is 2.63. The van der Waals surface area contributed by atoms with E-state index in [4.69, 9.17) is 9.72 Å². The lowest BCUT2D eigenvalue weighted by Crippen LogP contribution is -2.38. The summed E-state index contributed by atoms with van der Waals surface area (Å²) >= 11 is 0. The summed E-state index contributed by atoms with van der Waals surface area (Å²) in [6.07, 6.45) is 1.71. The van der Waals surface area contributed by atoms with Crippen LogP contribution in [0.5, 0.6) is 0 Å². The molecule has 3 atom stereocenters. The smallest absolute Gasteiger partial charge is 0.411 e. The number of benzene rings is 1. The third-order valence-corrected chi connectivity index (χ3v) is 5.32. The molecule has 1 saturated carbocycles. The Bertz CT molecular complexity index is 944. The van der Waals surface area contributed by atoms with Crippen molar-refractivity contribution in [3.8, 4) is 11.8 Å². The number of hydrogen-bond acceptors (Lipinski definition) is 3. The van der Waals surface area contributed by atoms with E-state index in [1.165, 1.54) is 0 Å². The molecular weight excluding hydrogens is 326 g/mol. The standard InChI is InChI=1S/C21H25N3O2/c1-6-7-13-8-9-14-15(10-13)23-18(22-14)16-11-21(5)12-17(21)24(16)19(25)26-20(2,3)4/h8-10,16-17H,11-12H2,1-5H3,(H,22,23). The van der Waals surface area contributed by atoms with Crippen LogP contribution in [-0.4, -0.2) is 32.6 Å². The summed E-state index contributed by atoms with van der Waals surface area (Å²) in [7, 11) is 0. The third kappa shape index (κ3) is 2.84. The second-order valence-corrected chi connectivity index (χ2v) is 8.71. The zero-order valence-electron chi connectivity index (χ0n) is 16.0. The molecule has 2 heterocycles. The molecule has 1 amide bonds. The fraction of sp³-hybridized carbons (Fsp3) is 0.524. The molecule has 2 aromatic rings. The van der Waals surface area contributed by atoms with Gasteiger partial charge in [0.1, 0.15) is 11.4 Å². The van der Waals surface area contributed by atoms with Crippen molar-refractivity contribution in [1.29, 1.82) is 0 Å². The van der Waals surface area contributed by atoms with Gasteiger partial charge in [0.25, 0.3) is 0 Å². The monoisotopic (exact) mass is 351 g/mol. The van der Waals surface area contributed by atoms with Gasteiger partial charge in [-0.15, -0.1) is 5.92 Å². The van der Waals surface area contributed by atoms with E-state index >= 15 is 0 Å². The van der Waals surface area contributed by atoms with E-state index in [1.54, 1.807) is 0 Å². The van der Waals surface area contributed by atoms with Gasteiger partial charge in [-0.3, -0.25) is 4.90 Å². The number of imidazole rings is 1. The quantitative estimate of drug-likeness (QED) is 0.775. The lowest BCUT2D eigenvalue weighted by Gasteiger charge is -2.29. The highest BCUT2D eigenvalue weighted by Gasteiger charge is 2.64. The number of hydrogen-bond donors (Lipinski definition) is 1. The van der Waals surface area contributed by atoms with Gasteiger partial charge in [-0.2, -0.15) is 0 Å². The Balaban J connectivity index is 1.67. The normalized spacial score (nSPS) is 27.0. The summed E-state index contributed by atoms with van der Waals surface area (Å²) in [5.74, 6) is 6.82. The summed E-state index contributed by atoms with van der Waals surface area (Å²) in [4.78, 5) is 22.9. The van der Waals surface area contributed by atoms with Crippen LogP contribution in [0.25, 0.3) is 11.0 Å². The number of likely N-dealkylation sites (tertiary alicyclic amines) is 1. The van der Waals surface area contributed by atoms with Crippen molar-refractivity contribution in [3.63, 3.8) is 0 Å². The predicted octanol–water partition coefficient (Wildman–Crippen LogP) is 4.39. The Labute approximate surface area is 154 Å². The summed E-state index contributed by atoms with van der Waals surface area (Å²) in [5, 5.41) is 0. The largest absolute Gasteiger partial charge is 0.444 e. The number of nitrogens with zero attached hydrogens (tertiary/aromatic N) is 2. The van der Waals surface area contributed by atoms with Crippen LogP contribution in [0.15, 0.2) is 18.2 Å². The van der Waals surface area contributed by atoms with Crippen LogP contribution in [-0.2, 0) is 4.74 Å². The zero-order chi connectivity index (χ0) is 18.7. The van der Waals surface area contributed by atoms with Gasteiger partial charge < -0.3 is 9.72 Å². The number of carbonyl (C=O) groups is 1. The highest BCUT2D eigenvalue weighted by molar-refractivity contribution is 5.77. The maximum Gasteiger partial charge on any atom is 0.411 e. The van der Waals surface area contributed by atoms with Crippen LogP contribution in [0.2, 0.25) is 0 Å². The van der Waals surface area contributed by atoms with Gasteiger partial charge in [0.15, 0.2) is 0 Å². The van der Waals surface area contributed by atoms with Gasteiger partial charge in [-0.25, -0.2) is 9.78 Å². The molecule has 5 heteroatoms. The Morgan fingerprint density at radius 3 is 2.85 bits per heavy atom. The first-order valence-electron chi connectivity index (χ1n) is 9.14. The second kappa shape index (κ2) is 5.51. The van der Waals surface area contributed by atoms with Crippen LogP contribution in [0.1, 0.15) is 64.9 Å². The van der Waals surface area contributed by atoms with E-state index < -0.39 is 5.60 Å². The Kier molecular flexibility index (Phi) is 3.59. The molecule has 5 nitrogen and oxygen atoms in total. The number of ether oxygens (including phenoxy) is 1. The number of rotatable bonds is 1. The molecule has 1 aliphatic carbocycles. The number of fused-ring (bicyclic) bond motifs is 2. The van der Waals surface area contributed by atoms with Gasteiger partial charge in [-0.05, 0) is 64.2 Å². The Hall–Kier alpha value is -2.48. The molecule has 4 rings (SSSR count). The van der Waals surface area contributed by atoms with Gasteiger partial charge in [0.05, 0.1) is 17.1 Å². The fourth-order valence-corrected chi connectivity index (χ4v) is 4.00. The number of aromatic nitrogens is 2. The van der Waals surface area contributed by atoms with E-state index in [0.29, 0.717) is 0 Å². The van der Waals surface area contributed by atoms with Crippen LogP contribution < -0.4 is 0 Å². The van der Waals surface area contributed by atoms with Crippen molar-refractivity contribution >= 4 is 17.1 Å². The molecule has 0 spiro atoms.